The molecule has 0 radical (unpaired) electrons. The highest BCUT2D eigenvalue weighted by atomic mass is 16.1. The second-order valence-electron chi connectivity index (χ2n) is 5.62. The van der Waals surface area contributed by atoms with E-state index >= 15 is 0 Å². The van der Waals surface area contributed by atoms with Gasteiger partial charge >= 0.3 is 0 Å². The quantitative estimate of drug-likeness (QED) is 0.774. The fourth-order valence-corrected chi connectivity index (χ4v) is 2.45. The van der Waals surface area contributed by atoms with E-state index in [-0.39, 0.29) is 11.8 Å². The molecule has 4 heteroatoms. The zero-order chi connectivity index (χ0) is 13.5. The Kier molecular flexibility index (Phi) is 6.65. The Labute approximate surface area is 112 Å². The number of carbonyl (C=O) groups is 1. The summed E-state index contributed by atoms with van der Waals surface area (Å²) in [7, 11) is 2.17. The number of likely N-dealkylation sites (N-methyl/N-ethyl adjacent to an activating group) is 1. The first-order valence-electron chi connectivity index (χ1n) is 7.24. The van der Waals surface area contributed by atoms with Crippen molar-refractivity contribution in [3.8, 4) is 0 Å². The van der Waals surface area contributed by atoms with E-state index < -0.39 is 0 Å². The molecule has 1 fully saturated rings. The predicted molar refractivity (Wildman–Crippen MR) is 75.6 cm³/mol. The lowest BCUT2D eigenvalue weighted by molar-refractivity contribution is -0.125. The molecule has 18 heavy (non-hydrogen) atoms. The Morgan fingerprint density at radius 1 is 1.22 bits per heavy atom. The molecule has 1 aliphatic rings. The summed E-state index contributed by atoms with van der Waals surface area (Å²) < 4.78 is 0. The van der Waals surface area contributed by atoms with Crippen LogP contribution in [0.4, 0.5) is 0 Å². The zero-order valence-corrected chi connectivity index (χ0v) is 12.4. The molecule has 2 unspecified atom stereocenters. The van der Waals surface area contributed by atoms with Gasteiger partial charge in [-0.25, -0.2) is 0 Å². The summed E-state index contributed by atoms with van der Waals surface area (Å²) in [4.78, 5) is 16.7. The van der Waals surface area contributed by atoms with Crippen molar-refractivity contribution < 1.29 is 4.79 Å². The van der Waals surface area contributed by atoms with Gasteiger partial charge < -0.3 is 10.2 Å². The van der Waals surface area contributed by atoms with Crippen molar-refractivity contribution in [1.29, 1.82) is 0 Å². The molecule has 0 aromatic heterocycles. The van der Waals surface area contributed by atoms with E-state index in [1.165, 1.54) is 0 Å². The first-order valence-corrected chi connectivity index (χ1v) is 7.24. The van der Waals surface area contributed by atoms with Crippen molar-refractivity contribution in [2.45, 2.75) is 39.7 Å². The lowest BCUT2D eigenvalue weighted by Gasteiger charge is -2.37. The van der Waals surface area contributed by atoms with Gasteiger partial charge in [-0.1, -0.05) is 13.8 Å². The van der Waals surface area contributed by atoms with Crippen LogP contribution in [-0.2, 0) is 4.79 Å². The molecule has 0 aromatic carbocycles. The first-order chi connectivity index (χ1) is 8.54. The summed E-state index contributed by atoms with van der Waals surface area (Å²) in [6.07, 6.45) is 1.96. The van der Waals surface area contributed by atoms with Gasteiger partial charge in [0.25, 0.3) is 0 Å². The average molecular weight is 255 g/mol. The molecule has 0 spiro atoms. The number of hydrogen-bond donors (Lipinski definition) is 1. The molecule has 0 aromatic rings. The van der Waals surface area contributed by atoms with E-state index in [1.54, 1.807) is 0 Å². The van der Waals surface area contributed by atoms with E-state index in [0.29, 0.717) is 6.04 Å². The molecule has 1 amide bonds. The average Bonchev–Trinajstić information content (AvgIpc) is 2.36. The van der Waals surface area contributed by atoms with Crippen molar-refractivity contribution in [3.05, 3.63) is 0 Å². The van der Waals surface area contributed by atoms with Crippen LogP contribution in [0, 0.1) is 5.92 Å². The van der Waals surface area contributed by atoms with E-state index in [2.05, 4.69) is 36.0 Å². The fraction of sp³-hybridized carbons (Fsp3) is 0.929. The Bertz CT molecular complexity index is 249. The van der Waals surface area contributed by atoms with Gasteiger partial charge in [0.2, 0.25) is 5.91 Å². The molecule has 1 rings (SSSR count). The number of nitrogens with one attached hydrogen (secondary N) is 1. The molecule has 0 saturated carbocycles. The zero-order valence-electron chi connectivity index (χ0n) is 12.4. The molecule has 1 aliphatic heterocycles. The minimum atomic E-state index is 0.117. The summed E-state index contributed by atoms with van der Waals surface area (Å²) >= 11 is 0. The van der Waals surface area contributed by atoms with E-state index in [4.69, 9.17) is 0 Å². The Hall–Kier alpha value is -0.610. The smallest absolute Gasteiger partial charge is 0.222 e. The standard InChI is InChI=1S/C14H29N3O/c1-5-6-15-14(18)12(2)11-13(3)17-9-7-16(4)8-10-17/h12-13H,5-11H2,1-4H3,(H,15,18). The summed E-state index contributed by atoms with van der Waals surface area (Å²) in [6, 6.07) is 0.501. The molecule has 1 saturated heterocycles. The van der Waals surface area contributed by atoms with E-state index in [0.717, 1.165) is 45.6 Å². The van der Waals surface area contributed by atoms with Gasteiger partial charge in [0.15, 0.2) is 0 Å². The second-order valence-corrected chi connectivity index (χ2v) is 5.62. The van der Waals surface area contributed by atoms with Crippen LogP contribution >= 0.6 is 0 Å². The maximum atomic E-state index is 11.8. The van der Waals surface area contributed by atoms with Gasteiger partial charge in [-0.05, 0) is 26.8 Å². The minimum Gasteiger partial charge on any atom is -0.356 e. The van der Waals surface area contributed by atoms with Crippen molar-refractivity contribution in [2.75, 3.05) is 39.8 Å². The van der Waals surface area contributed by atoms with Crippen LogP contribution in [0.3, 0.4) is 0 Å². The molecular weight excluding hydrogens is 226 g/mol. The number of nitrogens with zero attached hydrogens (tertiary/aromatic N) is 2. The van der Waals surface area contributed by atoms with Crippen LogP contribution in [0.15, 0.2) is 0 Å². The molecule has 2 atom stereocenters. The van der Waals surface area contributed by atoms with Crippen LogP contribution in [0.25, 0.3) is 0 Å². The number of amides is 1. The van der Waals surface area contributed by atoms with Gasteiger partial charge in [0.1, 0.15) is 0 Å². The van der Waals surface area contributed by atoms with Gasteiger partial charge in [-0.3, -0.25) is 9.69 Å². The highest BCUT2D eigenvalue weighted by Gasteiger charge is 2.22. The number of piperazine rings is 1. The maximum absolute atomic E-state index is 11.8. The molecule has 106 valence electrons. The van der Waals surface area contributed by atoms with E-state index in [9.17, 15) is 4.79 Å². The Balaban J connectivity index is 2.30. The lowest BCUT2D eigenvalue weighted by Crippen LogP contribution is -2.49. The van der Waals surface area contributed by atoms with E-state index in [1.807, 2.05) is 6.92 Å². The lowest BCUT2D eigenvalue weighted by atomic mass is 10.0. The Morgan fingerprint density at radius 3 is 2.39 bits per heavy atom. The van der Waals surface area contributed by atoms with Crippen molar-refractivity contribution in [3.63, 3.8) is 0 Å². The molecule has 1 heterocycles. The van der Waals surface area contributed by atoms with Gasteiger partial charge in [0, 0.05) is 44.7 Å². The maximum Gasteiger partial charge on any atom is 0.222 e. The van der Waals surface area contributed by atoms with Crippen molar-refractivity contribution >= 4 is 5.91 Å². The molecule has 0 aliphatic carbocycles. The summed E-state index contributed by atoms with van der Waals surface area (Å²) in [6.45, 7) is 11.7. The fourth-order valence-electron chi connectivity index (χ4n) is 2.45. The molecule has 0 bridgehead atoms. The van der Waals surface area contributed by atoms with Gasteiger partial charge in [-0.2, -0.15) is 0 Å². The topological polar surface area (TPSA) is 35.6 Å². The molecular formula is C14H29N3O. The SMILES string of the molecule is CCCNC(=O)C(C)CC(C)N1CCN(C)CC1. The largest absolute Gasteiger partial charge is 0.356 e. The van der Waals surface area contributed by atoms with Crippen LogP contribution in [-0.4, -0.2) is 61.5 Å². The van der Waals surface area contributed by atoms with Gasteiger partial charge in [0.05, 0.1) is 0 Å². The third kappa shape index (κ3) is 4.94. The summed E-state index contributed by atoms with van der Waals surface area (Å²) in [5.41, 5.74) is 0. The number of carbonyl (C=O) groups excluding carboxylic acids is 1. The molecule has 4 nitrogen and oxygen atoms in total. The highest BCUT2D eigenvalue weighted by molar-refractivity contribution is 5.78. The monoisotopic (exact) mass is 255 g/mol. The molecule has 1 N–H and O–H groups in total. The van der Waals surface area contributed by atoms with Crippen LogP contribution in [0.2, 0.25) is 0 Å². The number of hydrogen-bond acceptors (Lipinski definition) is 3. The van der Waals surface area contributed by atoms with Crippen LogP contribution < -0.4 is 5.32 Å². The first kappa shape index (κ1) is 15.4. The summed E-state index contributed by atoms with van der Waals surface area (Å²) in [5, 5.41) is 2.98. The highest BCUT2D eigenvalue weighted by Crippen LogP contribution is 2.13. The second kappa shape index (κ2) is 7.74. The third-order valence-electron chi connectivity index (χ3n) is 3.85. The minimum absolute atomic E-state index is 0.117. The Morgan fingerprint density at radius 2 is 1.83 bits per heavy atom. The van der Waals surface area contributed by atoms with Crippen molar-refractivity contribution in [2.24, 2.45) is 5.92 Å². The van der Waals surface area contributed by atoms with Crippen LogP contribution in [0.5, 0.6) is 0 Å². The van der Waals surface area contributed by atoms with Crippen molar-refractivity contribution in [1.82, 2.24) is 15.1 Å². The van der Waals surface area contributed by atoms with Crippen LogP contribution in [0.1, 0.15) is 33.6 Å². The predicted octanol–water partition coefficient (Wildman–Crippen LogP) is 1.17. The third-order valence-corrected chi connectivity index (χ3v) is 3.85. The normalized spacial score (nSPS) is 21.6. The van der Waals surface area contributed by atoms with Gasteiger partial charge in [-0.15, -0.1) is 0 Å². The summed E-state index contributed by atoms with van der Waals surface area (Å²) in [5.74, 6) is 0.323. The number of rotatable bonds is 6.